The topological polar surface area (TPSA) is 142 Å². The number of aliphatic hydroxyl groups is 1. The van der Waals surface area contributed by atoms with E-state index in [4.69, 9.17) is 5.73 Å². The van der Waals surface area contributed by atoms with E-state index in [-0.39, 0.29) is 66.2 Å². The number of nitrogens with zero attached hydrogens (tertiary/aromatic N) is 4. The molecule has 0 unspecified atom stereocenters. The van der Waals surface area contributed by atoms with Crippen molar-refractivity contribution in [2.45, 2.75) is 29.3 Å². The van der Waals surface area contributed by atoms with Crippen LogP contribution in [0.15, 0.2) is 53.7 Å². The molecule has 2 aliphatic heterocycles. The molecule has 2 aromatic heterocycles. The van der Waals surface area contributed by atoms with E-state index in [0.29, 0.717) is 23.5 Å². The number of anilines is 3. The summed E-state index contributed by atoms with van der Waals surface area (Å²) in [6.07, 6.45) is -10.9. The molecule has 1 fully saturated rings. The molecule has 3 aromatic rings. The number of hydrogen-bond acceptors (Lipinski definition) is 8. The van der Waals surface area contributed by atoms with Crippen molar-refractivity contribution in [3.8, 4) is 11.1 Å². The average Bonchev–Trinajstić information content (AvgIpc) is 3.30. The molecule has 0 atom stereocenters. The van der Waals surface area contributed by atoms with E-state index in [1.807, 2.05) is 0 Å². The van der Waals surface area contributed by atoms with Gasteiger partial charge in [0.15, 0.2) is 0 Å². The van der Waals surface area contributed by atoms with E-state index in [1.165, 1.54) is 35.2 Å². The molecule has 224 valence electrons. The number of carbonyl (C=O) groups is 1. The third kappa shape index (κ3) is 5.00. The van der Waals surface area contributed by atoms with Crippen LogP contribution < -0.4 is 16.0 Å². The molecule has 0 radical (unpaired) electrons. The maximum Gasteiger partial charge on any atom is 0.430 e. The van der Waals surface area contributed by atoms with Crippen molar-refractivity contribution in [1.29, 1.82) is 0 Å². The Balaban J connectivity index is 1.54. The molecule has 5 rings (SSSR count). The summed E-state index contributed by atoms with van der Waals surface area (Å²) in [5.41, 5.74) is -0.379. The molecule has 2 aliphatic rings. The van der Waals surface area contributed by atoms with Crippen LogP contribution in [0.4, 0.5) is 43.7 Å². The largest absolute Gasteiger partial charge is 0.430 e. The van der Waals surface area contributed by atoms with Crippen LogP contribution in [0.25, 0.3) is 11.1 Å². The van der Waals surface area contributed by atoms with Crippen molar-refractivity contribution >= 4 is 33.3 Å². The lowest BCUT2D eigenvalue weighted by atomic mass is 9.90. The summed E-state index contributed by atoms with van der Waals surface area (Å²) in [5, 5.41) is 12.6. The van der Waals surface area contributed by atoms with Gasteiger partial charge in [-0.3, -0.25) is 4.79 Å². The Morgan fingerprint density at radius 2 is 1.57 bits per heavy atom. The van der Waals surface area contributed by atoms with Gasteiger partial charge in [0, 0.05) is 55.4 Å². The van der Waals surface area contributed by atoms with Crippen molar-refractivity contribution in [2.24, 2.45) is 0 Å². The predicted octanol–water partition coefficient (Wildman–Crippen LogP) is 3.04. The van der Waals surface area contributed by atoms with E-state index < -0.39 is 33.5 Å². The van der Waals surface area contributed by atoms with Gasteiger partial charge in [-0.15, -0.1) is 0 Å². The number of aromatic nitrogens is 2. The zero-order chi connectivity index (χ0) is 30.7. The van der Waals surface area contributed by atoms with Gasteiger partial charge in [0.2, 0.25) is 15.9 Å². The summed E-state index contributed by atoms with van der Waals surface area (Å²) in [6, 6.07) is 7.47. The van der Waals surface area contributed by atoms with Gasteiger partial charge in [0.1, 0.15) is 16.5 Å². The summed E-state index contributed by atoms with van der Waals surface area (Å²) < 4.78 is 109. The molecule has 0 bridgehead atoms. The number of sulfonamides is 1. The van der Waals surface area contributed by atoms with Crippen LogP contribution in [0.2, 0.25) is 0 Å². The molecular weight excluding hydrogens is 594 g/mol. The van der Waals surface area contributed by atoms with Crippen molar-refractivity contribution in [3.05, 3.63) is 59.9 Å². The van der Waals surface area contributed by atoms with E-state index >= 15 is 0 Å². The minimum absolute atomic E-state index is 0.0191. The van der Waals surface area contributed by atoms with E-state index in [0.717, 1.165) is 10.5 Å². The first-order chi connectivity index (χ1) is 19.5. The smallest absolute Gasteiger partial charge is 0.384 e. The minimum Gasteiger partial charge on any atom is -0.384 e. The summed E-state index contributed by atoms with van der Waals surface area (Å²) in [4.78, 5) is 20.9. The van der Waals surface area contributed by atoms with Crippen LogP contribution in [0.1, 0.15) is 11.1 Å². The molecule has 1 saturated heterocycles. The fourth-order valence-corrected chi connectivity index (χ4v) is 6.21. The molecule has 0 aliphatic carbocycles. The van der Waals surface area contributed by atoms with E-state index in [1.54, 1.807) is 0 Å². The SMILES string of the molecule is Nc1ccc(S(=O)(=O)N2CCN(c3ncc(C(O)(C(F)(F)F)C(F)(F)F)cc3-c3ccc4c(c3)CC(=O)N4)CC2)cn1. The maximum absolute atomic E-state index is 13.7. The molecule has 1 amide bonds. The van der Waals surface area contributed by atoms with Gasteiger partial charge >= 0.3 is 12.4 Å². The number of nitrogens with one attached hydrogen (secondary N) is 1. The zero-order valence-corrected chi connectivity index (χ0v) is 22.2. The number of carbonyl (C=O) groups excluding carboxylic acids is 1. The number of nitrogen functional groups attached to an aromatic ring is 1. The third-order valence-corrected chi connectivity index (χ3v) is 8.96. The highest BCUT2D eigenvalue weighted by molar-refractivity contribution is 7.89. The van der Waals surface area contributed by atoms with Crippen molar-refractivity contribution < 1.29 is 44.7 Å². The molecule has 1 aromatic carbocycles. The second-order valence-electron chi connectivity index (χ2n) is 9.71. The summed E-state index contributed by atoms with van der Waals surface area (Å²) in [7, 11) is -3.97. The summed E-state index contributed by atoms with van der Waals surface area (Å²) in [6.45, 7) is -0.218. The molecular formula is C25H22F6N6O4S. The van der Waals surface area contributed by atoms with E-state index in [2.05, 4.69) is 15.3 Å². The highest BCUT2D eigenvalue weighted by Crippen LogP contribution is 2.51. The highest BCUT2D eigenvalue weighted by atomic mass is 32.2. The number of amides is 1. The Morgan fingerprint density at radius 3 is 2.17 bits per heavy atom. The lowest BCUT2D eigenvalue weighted by molar-refractivity contribution is -0.376. The second-order valence-corrected chi connectivity index (χ2v) is 11.6. The first-order valence-electron chi connectivity index (χ1n) is 12.3. The quantitative estimate of drug-likeness (QED) is 0.372. The van der Waals surface area contributed by atoms with Crippen LogP contribution in [-0.4, -0.2) is 72.2 Å². The number of piperazine rings is 1. The number of rotatable bonds is 5. The Labute approximate surface area is 234 Å². The Kier molecular flexibility index (Phi) is 7.10. The number of halogens is 6. The maximum atomic E-state index is 13.7. The molecule has 4 heterocycles. The van der Waals surface area contributed by atoms with Crippen LogP contribution in [-0.2, 0) is 26.8 Å². The number of benzene rings is 1. The number of pyridine rings is 2. The van der Waals surface area contributed by atoms with Crippen molar-refractivity contribution in [2.75, 3.05) is 42.1 Å². The van der Waals surface area contributed by atoms with Crippen molar-refractivity contribution in [1.82, 2.24) is 14.3 Å². The molecule has 4 N–H and O–H groups in total. The summed E-state index contributed by atoms with van der Waals surface area (Å²) >= 11 is 0. The van der Waals surface area contributed by atoms with Gasteiger partial charge in [-0.05, 0) is 41.5 Å². The second kappa shape index (κ2) is 10.1. The van der Waals surface area contributed by atoms with Gasteiger partial charge in [0.25, 0.3) is 5.60 Å². The average molecular weight is 617 g/mol. The third-order valence-electron chi connectivity index (χ3n) is 7.08. The Morgan fingerprint density at radius 1 is 0.905 bits per heavy atom. The van der Waals surface area contributed by atoms with Gasteiger partial charge in [-0.25, -0.2) is 18.4 Å². The number of hydrogen-bond donors (Lipinski definition) is 3. The lowest BCUT2D eigenvalue weighted by Gasteiger charge is -2.36. The number of nitrogens with two attached hydrogens (primary N) is 1. The molecule has 0 spiro atoms. The van der Waals surface area contributed by atoms with Crippen LogP contribution in [0.5, 0.6) is 0 Å². The Hall–Kier alpha value is -3.96. The van der Waals surface area contributed by atoms with Crippen LogP contribution in [0, 0.1) is 0 Å². The van der Waals surface area contributed by atoms with Crippen molar-refractivity contribution in [3.63, 3.8) is 0 Å². The standard InChI is InChI=1S/C25H22F6N6O4S/c26-24(27,28)23(39,25(29,30)31)16-11-18(14-1-3-19-15(9-14)10-21(38)35-19)22(34-12-16)36-5-7-37(8-6-36)42(40,41)17-2-4-20(32)33-13-17/h1-4,9,11-13,39H,5-8,10H2,(H2,32,33)(H,35,38). The van der Waals surface area contributed by atoms with E-state index in [9.17, 15) is 44.7 Å². The van der Waals surface area contributed by atoms with Gasteiger partial charge in [-0.2, -0.15) is 30.6 Å². The highest BCUT2D eigenvalue weighted by Gasteiger charge is 2.71. The Bertz CT molecular complexity index is 1620. The fourth-order valence-electron chi connectivity index (χ4n) is 4.84. The first kappa shape index (κ1) is 29.5. The fraction of sp³-hybridized carbons (Fsp3) is 0.320. The van der Waals surface area contributed by atoms with Gasteiger partial charge < -0.3 is 21.1 Å². The molecule has 42 heavy (non-hydrogen) atoms. The van der Waals surface area contributed by atoms with Gasteiger partial charge in [-0.1, -0.05) is 6.07 Å². The zero-order valence-electron chi connectivity index (χ0n) is 21.4. The number of alkyl halides is 6. The molecule has 17 heteroatoms. The lowest BCUT2D eigenvalue weighted by Crippen LogP contribution is -2.54. The normalized spacial score (nSPS) is 16.8. The predicted molar refractivity (Wildman–Crippen MR) is 138 cm³/mol. The van der Waals surface area contributed by atoms with Crippen LogP contribution >= 0.6 is 0 Å². The van der Waals surface area contributed by atoms with Crippen LogP contribution in [0.3, 0.4) is 0 Å². The monoisotopic (exact) mass is 616 g/mol. The minimum atomic E-state index is -6.13. The van der Waals surface area contributed by atoms with Gasteiger partial charge in [0.05, 0.1) is 6.42 Å². The first-order valence-corrected chi connectivity index (χ1v) is 13.7. The number of fused-ring (bicyclic) bond motifs is 1. The molecule has 0 saturated carbocycles. The summed E-state index contributed by atoms with van der Waals surface area (Å²) in [5.74, 6) is -0.254. The molecule has 10 nitrogen and oxygen atoms in total.